The minimum Gasteiger partial charge on any atom is -0.466 e. The van der Waals surface area contributed by atoms with Crippen LogP contribution in [-0.4, -0.2) is 21.6 Å². The first kappa shape index (κ1) is 28.1. The van der Waals surface area contributed by atoms with E-state index in [9.17, 15) is 9.59 Å². The molecule has 0 saturated carbocycles. The van der Waals surface area contributed by atoms with Gasteiger partial charge < -0.3 is 19.8 Å². The maximum atomic E-state index is 12.6. The van der Waals surface area contributed by atoms with Crippen molar-refractivity contribution in [1.82, 2.24) is 9.78 Å². The van der Waals surface area contributed by atoms with Crippen LogP contribution in [0.25, 0.3) is 0 Å². The summed E-state index contributed by atoms with van der Waals surface area (Å²) in [6.07, 6.45) is -0.0815. The number of benzene rings is 2. The standard InChI is InChI=1S/C17H20ClN3O2.C13H13NO2/c1-9-13(15(18)21(5)20-9)16(22)19-12-8-6-7-11-14(12)10(2)23-17(11,3)4;1-9-8-12(10(2)16-9)13(15)14-11-6-4-3-5-7-11/h6-8,10H,1-5H3,(H,19,22);3-8H,1-2H3,(H,14,15). The highest BCUT2D eigenvalue weighted by atomic mass is 35.5. The number of fused-ring (bicyclic) bond motifs is 1. The zero-order chi connectivity index (χ0) is 28.5. The molecule has 1 aliphatic rings. The number of furan rings is 1. The van der Waals surface area contributed by atoms with E-state index in [0.29, 0.717) is 27.7 Å². The number of rotatable bonds is 4. The molecular weight excluding hydrogens is 516 g/mol. The summed E-state index contributed by atoms with van der Waals surface area (Å²) in [4.78, 5) is 24.5. The van der Waals surface area contributed by atoms with E-state index in [1.54, 1.807) is 27.0 Å². The number of carbonyl (C=O) groups excluding carboxylic acids is 2. The maximum Gasteiger partial charge on any atom is 0.260 e. The second kappa shape index (κ2) is 11.1. The monoisotopic (exact) mass is 548 g/mol. The lowest BCUT2D eigenvalue weighted by Crippen LogP contribution is -2.16. The summed E-state index contributed by atoms with van der Waals surface area (Å²) in [7, 11) is 1.71. The van der Waals surface area contributed by atoms with Gasteiger partial charge in [-0.1, -0.05) is 41.9 Å². The number of hydrogen-bond acceptors (Lipinski definition) is 5. The number of aromatic nitrogens is 2. The Balaban J connectivity index is 0.000000193. The molecular formula is C30H33ClN4O4. The number of carbonyl (C=O) groups is 2. The van der Waals surface area contributed by atoms with Crippen molar-refractivity contribution in [2.45, 2.75) is 53.2 Å². The van der Waals surface area contributed by atoms with Gasteiger partial charge in [0.15, 0.2) is 0 Å². The van der Waals surface area contributed by atoms with Gasteiger partial charge in [-0.05, 0) is 71.4 Å². The van der Waals surface area contributed by atoms with Crippen LogP contribution in [0.3, 0.4) is 0 Å². The summed E-state index contributed by atoms with van der Waals surface area (Å²) in [5.74, 6) is 0.994. The van der Waals surface area contributed by atoms with Gasteiger partial charge in [0, 0.05) is 24.0 Å². The molecule has 1 atom stereocenters. The molecule has 5 rings (SSSR count). The van der Waals surface area contributed by atoms with E-state index < -0.39 is 0 Å². The molecule has 0 fully saturated rings. The first-order chi connectivity index (χ1) is 18.4. The Morgan fingerprint density at radius 1 is 1.00 bits per heavy atom. The maximum absolute atomic E-state index is 12.6. The topological polar surface area (TPSA) is 98.4 Å². The molecule has 3 heterocycles. The van der Waals surface area contributed by atoms with Crippen molar-refractivity contribution < 1.29 is 18.7 Å². The van der Waals surface area contributed by atoms with E-state index in [0.717, 1.165) is 28.3 Å². The number of nitrogens with zero attached hydrogens (tertiary/aromatic N) is 2. The fraction of sp³-hybridized carbons (Fsp3) is 0.300. The second-order valence-electron chi connectivity index (χ2n) is 10.0. The fourth-order valence-electron chi connectivity index (χ4n) is 4.85. The number of para-hydroxylation sites is 1. The van der Waals surface area contributed by atoms with Gasteiger partial charge in [-0.3, -0.25) is 14.3 Å². The average Bonchev–Trinajstić information content (AvgIpc) is 3.43. The number of amides is 2. The minimum atomic E-state index is -0.364. The lowest BCUT2D eigenvalue weighted by Gasteiger charge is -2.19. The summed E-state index contributed by atoms with van der Waals surface area (Å²) >= 11 is 6.18. The molecule has 0 spiro atoms. The molecule has 2 aromatic heterocycles. The molecule has 0 aliphatic carbocycles. The van der Waals surface area contributed by atoms with E-state index in [1.807, 2.05) is 76.2 Å². The first-order valence-corrected chi connectivity index (χ1v) is 13.0. The predicted octanol–water partition coefficient (Wildman–Crippen LogP) is 7.11. The van der Waals surface area contributed by atoms with Crippen LogP contribution < -0.4 is 10.6 Å². The molecule has 1 unspecified atom stereocenters. The van der Waals surface area contributed by atoms with Gasteiger partial charge in [0.05, 0.1) is 28.5 Å². The van der Waals surface area contributed by atoms with Crippen molar-refractivity contribution in [3.8, 4) is 0 Å². The number of ether oxygens (including phenoxy) is 1. The molecule has 2 amide bonds. The number of aryl methyl sites for hydroxylation is 4. The van der Waals surface area contributed by atoms with Gasteiger partial charge in [-0.25, -0.2) is 0 Å². The molecule has 0 radical (unpaired) electrons. The number of nitrogens with one attached hydrogen (secondary N) is 2. The summed E-state index contributed by atoms with van der Waals surface area (Å²) in [6.45, 7) is 11.4. The Bertz CT molecular complexity index is 1520. The van der Waals surface area contributed by atoms with Crippen LogP contribution in [0.2, 0.25) is 5.15 Å². The Kier molecular flexibility index (Phi) is 7.99. The number of anilines is 2. The highest BCUT2D eigenvalue weighted by Gasteiger charge is 2.37. The third-order valence-electron chi connectivity index (χ3n) is 6.58. The van der Waals surface area contributed by atoms with Crippen molar-refractivity contribution in [3.05, 3.63) is 99.2 Å². The zero-order valence-corrected chi connectivity index (χ0v) is 23.9. The minimum absolute atomic E-state index is 0.0815. The molecule has 2 N–H and O–H groups in total. The van der Waals surface area contributed by atoms with Crippen LogP contribution in [-0.2, 0) is 17.4 Å². The molecule has 8 nitrogen and oxygen atoms in total. The molecule has 39 heavy (non-hydrogen) atoms. The number of halogens is 1. The van der Waals surface area contributed by atoms with Gasteiger partial charge >= 0.3 is 0 Å². The van der Waals surface area contributed by atoms with E-state index in [-0.39, 0.29) is 23.5 Å². The van der Waals surface area contributed by atoms with Gasteiger partial charge in [0.2, 0.25) is 0 Å². The lowest BCUT2D eigenvalue weighted by molar-refractivity contribution is -0.0434. The van der Waals surface area contributed by atoms with E-state index in [1.165, 1.54) is 4.68 Å². The normalized spacial score (nSPS) is 15.2. The van der Waals surface area contributed by atoms with Crippen LogP contribution in [0.15, 0.2) is 59.0 Å². The predicted molar refractivity (Wildman–Crippen MR) is 152 cm³/mol. The van der Waals surface area contributed by atoms with E-state index in [2.05, 4.69) is 15.7 Å². The zero-order valence-electron chi connectivity index (χ0n) is 23.2. The van der Waals surface area contributed by atoms with E-state index >= 15 is 0 Å². The SMILES string of the molecule is Cc1cc(C(=O)Nc2ccccc2)c(C)o1.Cc1nn(C)c(Cl)c1C(=O)Nc1cccc2c1C(C)OC2(C)C. The smallest absolute Gasteiger partial charge is 0.260 e. The van der Waals surface area contributed by atoms with Crippen molar-refractivity contribution >= 4 is 34.8 Å². The van der Waals surface area contributed by atoms with Crippen LogP contribution in [0, 0.1) is 20.8 Å². The van der Waals surface area contributed by atoms with Gasteiger partial charge in [0.1, 0.15) is 16.7 Å². The molecule has 9 heteroatoms. The number of hydrogen-bond donors (Lipinski definition) is 2. The van der Waals surface area contributed by atoms with Gasteiger partial charge in [0.25, 0.3) is 11.8 Å². The van der Waals surface area contributed by atoms with Crippen LogP contribution >= 0.6 is 11.6 Å². The Hall–Kier alpha value is -3.88. The first-order valence-electron chi connectivity index (χ1n) is 12.6. The Morgan fingerprint density at radius 3 is 2.28 bits per heavy atom. The van der Waals surface area contributed by atoms with Crippen molar-refractivity contribution in [2.75, 3.05) is 10.6 Å². The Labute approximate surface area is 233 Å². The van der Waals surface area contributed by atoms with Crippen LogP contribution in [0.4, 0.5) is 11.4 Å². The highest BCUT2D eigenvalue weighted by Crippen LogP contribution is 2.46. The van der Waals surface area contributed by atoms with Crippen molar-refractivity contribution in [1.29, 1.82) is 0 Å². The van der Waals surface area contributed by atoms with Gasteiger partial charge in [-0.2, -0.15) is 5.10 Å². The molecule has 204 valence electrons. The second-order valence-corrected chi connectivity index (χ2v) is 10.4. The van der Waals surface area contributed by atoms with Crippen molar-refractivity contribution in [3.63, 3.8) is 0 Å². The summed E-state index contributed by atoms with van der Waals surface area (Å²) in [5.41, 5.74) is 4.87. The summed E-state index contributed by atoms with van der Waals surface area (Å²) in [6, 6.07) is 17.0. The van der Waals surface area contributed by atoms with Gasteiger partial charge in [-0.15, -0.1) is 0 Å². The van der Waals surface area contributed by atoms with Crippen LogP contribution in [0.1, 0.15) is 75.9 Å². The van der Waals surface area contributed by atoms with Crippen molar-refractivity contribution in [2.24, 2.45) is 7.05 Å². The molecule has 1 aliphatic heterocycles. The quantitative estimate of drug-likeness (QED) is 0.283. The lowest BCUT2D eigenvalue weighted by atomic mass is 9.93. The average molecular weight is 549 g/mol. The van der Waals surface area contributed by atoms with E-state index in [4.69, 9.17) is 20.8 Å². The molecule has 4 aromatic rings. The third kappa shape index (κ3) is 5.92. The van der Waals surface area contributed by atoms with Crippen LogP contribution in [0.5, 0.6) is 0 Å². The summed E-state index contributed by atoms with van der Waals surface area (Å²) in [5, 5.41) is 10.3. The fourth-order valence-corrected chi connectivity index (χ4v) is 5.11. The third-order valence-corrected chi connectivity index (χ3v) is 7.01. The molecule has 0 bridgehead atoms. The molecule has 2 aromatic carbocycles. The Morgan fingerprint density at radius 2 is 1.69 bits per heavy atom. The molecule has 0 saturated heterocycles. The largest absolute Gasteiger partial charge is 0.466 e. The highest BCUT2D eigenvalue weighted by molar-refractivity contribution is 6.33. The summed E-state index contributed by atoms with van der Waals surface area (Å²) < 4.78 is 12.8.